The van der Waals surface area contributed by atoms with E-state index in [0.717, 1.165) is 0 Å². The van der Waals surface area contributed by atoms with Crippen LogP contribution in [0.2, 0.25) is 0 Å². The van der Waals surface area contributed by atoms with Gasteiger partial charge in [0.25, 0.3) is 0 Å². The van der Waals surface area contributed by atoms with Crippen LogP contribution in [0.4, 0.5) is 5.69 Å². The average molecular weight is 211 g/mol. The van der Waals surface area contributed by atoms with E-state index in [1.165, 1.54) is 18.2 Å². The van der Waals surface area contributed by atoms with Gasteiger partial charge in [-0.2, -0.15) is 0 Å². The third-order valence-corrected chi connectivity index (χ3v) is 2.10. The van der Waals surface area contributed by atoms with Crippen molar-refractivity contribution in [1.82, 2.24) is 0 Å². The van der Waals surface area contributed by atoms with E-state index in [1.54, 1.807) is 6.07 Å². The molecule has 1 aromatic rings. The molecule has 0 heterocycles. The molecule has 4 nitrogen and oxygen atoms in total. The summed E-state index contributed by atoms with van der Waals surface area (Å²) in [6.07, 6.45) is 0. The van der Waals surface area contributed by atoms with Crippen LogP contribution in [0.15, 0.2) is 29.2 Å². The molecule has 0 fully saturated rings. The number of benzene rings is 1. The molecule has 0 aliphatic carbocycles. The van der Waals surface area contributed by atoms with Gasteiger partial charge in [0.1, 0.15) is 10.1 Å². The minimum atomic E-state index is -4.41. The van der Waals surface area contributed by atoms with Gasteiger partial charge in [0.05, 0.1) is 4.90 Å². The fraction of sp³-hybridized carbons (Fsp3) is 0. The molecule has 0 saturated heterocycles. The maximum absolute atomic E-state index is 10.4. The van der Waals surface area contributed by atoms with Crippen LogP contribution in [0.1, 0.15) is 0 Å². The summed E-state index contributed by atoms with van der Waals surface area (Å²) >= 11 is 0. The zero-order chi connectivity index (χ0) is 8.48. The standard InChI is InChI=1S/C6H7NO3S.K/c7-5-3-1-2-4-6(5)11(8,9)10;/h1-4H,7H2,(H,8,9,10);/q;+1/p-1. The van der Waals surface area contributed by atoms with Gasteiger partial charge in [0.15, 0.2) is 0 Å². The maximum atomic E-state index is 10.4. The van der Waals surface area contributed by atoms with Gasteiger partial charge in [0, 0.05) is 5.69 Å². The van der Waals surface area contributed by atoms with E-state index in [4.69, 9.17) is 5.73 Å². The second-order valence-corrected chi connectivity index (χ2v) is 3.34. The molecule has 1 rings (SSSR count). The molecule has 0 unspecified atom stereocenters. The number of nitrogen functional groups attached to an aromatic ring is 1. The summed E-state index contributed by atoms with van der Waals surface area (Å²) in [7, 11) is -4.41. The number of nitrogens with two attached hydrogens (primary N) is 1. The first-order chi connectivity index (χ1) is 5.02. The summed E-state index contributed by atoms with van der Waals surface area (Å²) in [6.45, 7) is 0. The molecule has 0 aromatic heterocycles. The fourth-order valence-electron chi connectivity index (χ4n) is 0.708. The van der Waals surface area contributed by atoms with Crippen LogP contribution in [0.25, 0.3) is 0 Å². The van der Waals surface area contributed by atoms with Crippen LogP contribution >= 0.6 is 0 Å². The molecule has 0 saturated carbocycles. The van der Waals surface area contributed by atoms with E-state index in [9.17, 15) is 13.0 Å². The molecule has 1 aromatic carbocycles. The minimum Gasteiger partial charge on any atom is -0.744 e. The number of hydrogen-bond acceptors (Lipinski definition) is 4. The number of hydrogen-bond donors (Lipinski definition) is 1. The second-order valence-electron chi connectivity index (χ2n) is 1.99. The van der Waals surface area contributed by atoms with Crippen LogP contribution in [0, 0.1) is 0 Å². The van der Waals surface area contributed by atoms with Gasteiger partial charge >= 0.3 is 51.4 Å². The van der Waals surface area contributed by atoms with Crippen molar-refractivity contribution in [3.05, 3.63) is 24.3 Å². The van der Waals surface area contributed by atoms with Gasteiger partial charge in [-0.15, -0.1) is 0 Å². The molecule has 6 heteroatoms. The number of anilines is 1. The molecule has 60 valence electrons. The van der Waals surface area contributed by atoms with E-state index in [2.05, 4.69) is 0 Å². The van der Waals surface area contributed by atoms with Crippen molar-refractivity contribution in [2.45, 2.75) is 4.90 Å². The van der Waals surface area contributed by atoms with Crippen LogP contribution in [0.5, 0.6) is 0 Å². The Bertz CT molecular complexity index is 363. The van der Waals surface area contributed by atoms with Gasteiger partial charge < -0.3 is 10.3 Å². The summed E-state index contributed by atoms with van der Waals surface area (Å²) in [4.78, 5) is -0.361. The Morgan fingerprint density at radius 2 is 1.75 bits per heavy atom. The normalized spacial score (nSPS) is 10.4. The summed E-state index contributed by atoms with van der Waals surface area (Å²) in [5.74, 6) is 0. The van der Waals surface area contributed by atoms with Crippen molar-refractivity contribution in [1.29, 1.82) is 0 Å². The topological polar surface area (TPSA) is 83.2 Å². The Kier molecular flexibility index (Phi) is 4.93. The first kappa shape index (κ1) is 12.6. The smallest absolute Gasteiger partial charge is 0.744 e. The third-order valence-electron chi connectivity index (χ3n) is 1.19. The van der Waals surface area contributed by atoms with E-state index in [-0.39, 0.29) is 62.0 Å². The third kappa shape index (κ3) is 3.13. The Hall–Kier alpha value is 0.566. The Morgan fingerprint density at radius 3 is 2.08 bits per heavy atom. The Morgan fingerprint density at radius 1 is 1.25 bits per heavy atom. The van der Waals surface area contributed by atoms with E-state index in [0.29, 0.717) is 0 Å². The van der Waals surface area contributed by atoms with Crippen LogP contribution in [-0.4, -0.2) is 13.0 Å². The quantitative estimate of drug-likeness (QED) is 0.308. The van der Waals surface area contributed by atoms with Crippen molar-refractivity contribution in [3.63, 3.8) is 0 Å². The van der Waals surface area contributed by atoms with E-state index < -0.39 is 10.1 Å². The van der Waals surface area contributed by atoms with Gasteiger partial charge in [-0.05, 0) is 12.1 Å². The maximum Gasteiger partial charge on any atom is 1.00 e. The van der Waals surface area contributed by atoms with Crippen LogP contribution in [0.3, 0.4) is 0 Å². The Balaban J connectivity index is 0.00000121. The molecule has 0 spiro atoms. The molecule has 0 aliphatic rings. The molecule has 2 N–H and O–H groups in total. The SMILES string of the molecule is Nc1ccccc1S(=O)(=O)[O-].[K+]. The Labute approximate surface area is 113 Å². The largest absolute Gasteiger partial charge is 1.00 e. The zero-order valence-corrected chi connectivity index (χ0v) is 10.5. The average Bonchev–Trinajstić information content (AvgIpc) is 1.86. The van der Waals surface area contributed by atoms with Crippen molar-refractivity contribution < 1.29 is 64.4 Å². The molecular weight excluding hydrogens is 205 g/mol. The first-order valence-electron chi connectivity index (χ1n) is 2.82. The number of para-hydroxylation sites is 1. The zero-order valence-electron chi connectivity index (χ0n) is 6.52. The molecule has 0 aliphatic heterocycles. The van der Waals surface area contributed by atoms with Gasteiger partial charge in [-0.1, -0.05) is 12.1 Å². The molecule has 12 heavy (non-hydrogen) atoms. The first-order valence-corrected chi connectivity index (χ1v) is 4.23. The summed E-state index contributed by atoms with van der Waals surface area (Å²) < 4.78 is 31.3. The monoisotopic (exact) mass is 211 g/mol. The summed E-state index contributed by atoms with van der Waals surface area (Å²) in [5.41, 5.74) is 5.22. The van der Waals surface area contributed by atoms with Crippen LogP contribution in [-0.2, 0) is 10.1 Å². The van der Waals surface area contributed by atoms with Crippen LogP contribution < -0.4 is 57.1 Å². The molecule has 0 atom stereocenters. The van der Waals surface area contributed by atoms with E-state index in [1.807, 2.05) is 0 Å². The van der Waals surface area contributed by atoms with Crippen molar-refractivity contribution in [2.24, 2.45) is 0 Å². The number of rotatable bonds is 1. The molecule has 0 bridgehead atoms. The van der Waals surface area contributed by atoms with Gasteiger partial charge in [-0.25, -0.2) is 8.42 Å². The predicted octanol–water partition coefficient (Wildman–Crippen LogP) is -2.82. The second kappa shape index (κ2) is 4.71. The van der Waals surface area contributed by atoms with E-state index >= 15 is 0 Å². The van der Waals surface area contributed by atoms with Crippen molar-refractivity contribution in [3.8, 4) is 0 Å². The predicted molar refractivity (Wildman–Crippen MR) is 38.8 cm³/mol. The molecule has 0 amide bonds. The molecule has 0 radical (unpaired) electrons. The summed E-state index contributed by atoms with van der Waals surface area (Å²) in [5, 5.41) is 0. The summed E-state index contributed by atoms with van der Waals surface area (Å²) in [6, 6.07) is 5.55. The van der Waals surface area contributed by atoms with Crippen molar-refractivity contribution >= 4 is 15.8 Å². The van der Waals surface area contributed by atoms with Gasteiger partial charge in [-0.3, -0.25) is 0 Å². The van der Waals surface area contributed by atoms with Gasteiger partial charge in [0.2, 0.25) is 0 Å². The fourth-order valence-corrected chi connectivity index (χ4v) is 1.31. The molecular formula is C6H6KNO3S. The van der Waals surface area contributed by atoms with Crippen molar-refractivity contribution in [2.75, 3.05) is 5.73 Å². The minimum absolute atomic E-state index is 0.